The molecule has 0 amide bonds. The molecular weight excluding hydrogens is 210 g/mol. The van der Waals surface area contributed by atoms with Crippen molar-refractivity contribution in [3.8, 4) is 0 Å². The summed E-state index contributed by atoms with van der Waals surface area (Å²) < 4.78 is 0. The minimum Gasteiger partial charge on any atom is -0.314 e. The van der Waals surface area contributed by atoms with E-state index in [0.29, 0.717) is 6.04 Å². The zero-order valence-electron chi connectivity index (χ0n) is 12.2. The SMILES string of the molecule is CCCCCCCCCC(CC)N(O)CCC. The van der Waals surface area contributed by atoms with Crippen LogP contribution in [0.3, 0.4) is 0 Å². The first-order valence-electron chi connectivity index (χ1n) is 7.71. The third kappa shape index (κ3) is 9.61. The van der Waals surface area contributed by atoms with Crippen molar-refractivity contribution in [2.45, 2.75) is 91.0 Å². The molecule has 2 heteroatoms. The van der Waals surface area contributed by atoms with Crippen LogP contribution in [-0.2, 0) is 0 Å². The molecule has 0 bridgehead atoms. The van der Waals surface area contributed by atoms with Gasteiger partial charge in [0.15, 0.2) is 0 Å². The molecule has 0 spiro atoms. The highest BCUT2D eigenvalue weighted by Gasteiger charge is 2.12. The van der Waals surface area contributed by atoms with Gasteiger partial charge in [0.1, 0.15) is 0 Å². The number of hydrogen-bond acceptors (Lipinski definition) is 2. The van der Waals surface area contributed by atoms with Crippen LogP contribution < -0.4 is 0 Å². The predicted molar refractivity (Wildman–Crippen MR) is 75.5 cm³/mol. The molecule has 1 unspecified atom stereocenters. The Balaban J connectivity index is 3.43. The second kappa shape index (κ2) is 12.4. The summed E-state index contributed by atoms with van der Waals surface area (Å²) in [5.41, 5.74) is 0. The highest BCUT2D eigenvalue weighted by atomic mass is 16.5. The highest BCUT2D eigenvalue weighted by Crippen LogP contribution is 2.14. The first-order chi connectivity index (χ1) is 8.26. The Morgan fingerprint density at radius 3 is 1.94 bits per heavy atom. The fourth-order valence-corrected chi connectivity index (χ4v) is 2.31. The van der Waals surface area contributed by atoms with E-state index in [1.165, 1.54) is 44.9 Å². The normalized spacial score (nSPS) is 13.2. The topological polar surface area (TPSA) is 23.5 Å². The molecule has 1 N–H and O–H groups in total. The summed E-state index contributed by atoms with van der Waals surface area (Å²) in [5.74, 6) is 0. The summed E-state index contributed by atoms with van der Waals surface area (Å²) in [7, 11) is 0. The Kier molecular flexibility index (Phi) is 12.3. The van der Waals surface area contributed by atoms with Crippen LogP contribution in [0.25, 0.3) is 0 Å². The van der Waals surface area contributed by atoms with E-state index >= 15 is 0 Å². The molecule has 0 aromatic rings. The van der Waals surface area contributed by atoms with Crippen molar-refractivity contribution in [2.24, 2.45) is 0 Å². The molecule has 0 aliphatic rings. The summed E-state index contributed by atoms with van der Waals surface area (Å²) in [4.78, 5) is 0. The van der Waals surface area contributed by atoms with Gasteiger partial charge in [0.2, 0.25) is 0 Å². The van der Waals surface area contributed by atoms with Gasteiger partial charge in [0.05, 0.1) is 0 Å². The molecule has 1 atom stereocenters. The zero-order chi connectivity index (χ0) is 12.9. The maximum Gasteiger partial charge on any atom is 0.0347 e. The van der Waals surface area contributed by atoms with Gasteiger partial charge in [-0.1, -0.05) is 65.7 Å². The minimum atomic E-state index is 0.380. The first-order valence-corrected chi connectivity index (χ1v) is 7.71. The number of hydrogen-bond donors (Lipinski definition) is 1. The standard InChI is InChI=1S/C15H33NO/c1-4-7-8-9-10-11-12-13-15(6-3)16(17)14-5-2/h15,17H,4-14H2,1-3H3. The number of hydroxylamine groups is 2. The van der Waals surface area contributed by atoms with Crippen molar-refractivity contribution in [2.75, 3.05) is 6.54 Å². The van der Waals surface area contributed by atoms with E-state index in [2.05, 4.69) is 20.8 Å². The molecule has 0 aromatic carbocycles. The Labute approximate surface area is 108 Å². The van der Waals surface area contributed by atoms with Gasteiger partial charge in [-0.15, -0.1) is 0 Å². The van der Waals surface area contributed by atoms with E-state index in [1.54, 1.807) is 5.06 Å². The molecule has 2 nitrogen and oxygen atoms in total. The second-order valence-electron chi connectivity index (χ2n) is 5.14. The summed E-state index contributed by atoms with van der Waals surface area (Å²) in [6, 6.07) is 0.380. The lowest BCUT2D eigenvalue weighted by Crippen LogP contribution is -2.32. The molecule has 0 aliphatic heterocycles. The summed E-state index contributed by atoms with van der Waals surface area (Å²) in [6.07, 6.45) is 12.7. The lowest BCUT2D eigenvalue weighted by atomic mass is 10.0. The molecule has 0 saturated carbocycles. The molecule has 0 aromatic heterocycles. The molecular formula is C15H33NO. The molecule has 17 heavy (non-hydrogen) atoms. The molecule has 104 valence electrons. The number of unbranched alkanes of at least 4 members (excludes halogenated alkanes) is 6. The lowest BCUT2D eigenvalue weighted by molar-refractivity contribution is -0.129. The monoisotopic (exact) mass is 243 g/mol. The lowest BCUT2D eigenvalue weighted by Gasteiger charge is -2.24. The Hall–Kier alpha value is -0.0800. The summed E-state index contributed by atoms with van der Waals surface area (Å²) in [5, 5.41) is 11.4. The molecule has 0 saturated heterocycles. The molecule has 0 aliphatic carbocycles. The van der Waals surface area contributed by atoms with Gasteiger partial charge in [-0.25, -0.2) is 0 Å². The number of rotatable bonds is 12. The van der Waals surface area contributed by atoms with Crippen LogP contribution in [0.5, 0.6) is 0 Å². The van der Waals surface area contributed by atoms with Gasteiger partial charge in [-0.05, 0) is 19.3 Å². The van der Waals surface area contributed by atoms with Gasteiger partial charge in [-0.2, -0.15) is 5.06 Å². The van der Waals surface area contributed by atoms with Crippen LogP contribution >= 0.6 is 0 Å². The summed E-state index contributed by atoms with van der Waals surface area (Å²) in [6.45, 7) is 7.36. The molecule has 0 fully saturated rings. The zero-order valence-corrected chi connectivity index (χ0v) is 12.2. The van der Waals surface area contributed by atoms with Gasteiger partial charge in [-0.3, -0.25) is 0 Å². The third-order valence-corrected chi connectivity index (χ3v) is 3.49. The quantitative estimate of drug-likeness (QED) is 0.385. The second-order valence-corrected chi connectivity index (χ2v) is 5.14. The maximum absolute atomic E-state index is 9.81. The fourth-order valence-electron chi connectivity index (χ4n) is 2.31. The van der Waals surface area contributed by atoms with E-state index < -0.39 is 0 Å². The van der Waals surface area contributed by atoms with Crippen molar-refractivity contribution in [3.63, 3.8) is 0 Å². The van der Waals surface area contributed by atoms with Gasteiger partial charge < -0.3 is 5.21 Å². The Bertz CT molecular complexity index is 150. The minimum absolute atomic E-state index is 0.380. The Morgan fingerprint density at radius 2 is 1.41 bits per heavy atom. The van der Waals surface area contributed by atoms with E-state index in [0.717, 1.165) is 25.8 Å². The third-order valence-electron chi connectivity index (χ3n) is 3.49. The Morgan fingerprint density at radius 1 is 0.824 bits per heavy atom. The van der Waals surface area contributed by atoms with E-state index in [9.17, 15) is 5.21 Å². The van der Waals surface area contributed by atoms with Crippen LogP contribution in [0.2, 0.25) is 0 Å². The van der Waals surface area contributed by atoms with Crippen LogP contribution in [0.15, 0.2) is 0 Å². The van der Waals surface area contributed by atoms with Crippen molar-refractivity contribution >= 4 is 0 Å². The first kappa shape index (κ1) is 16.9. The average Bonchev–Trinajstić information content (AvgIpc) is 2.33. The van der Waals surface area contributed by atoms with Crippen LogP contribution in [0, 0.1) is 0 Å². The van der Waals surface area contributed by atoms with Crippen molar-refractivity contribution in [1.82, 2.24) is 5.06 Å². The predicted octanol–water partition coefficient (Wildman–Crippen LogP) is 5.01. The van der Waals surface area contributed by atoms with E-state index in [-0.39, 0.29) is 0 Å². The molecule has 0 heterocycles. The van der Waals surface area contributed by atoms with Gasteiger partial charge >= 0.3 is 0 Å². The maximum atomic E-state index is 9.81. The largest absolute Gasteiger partial charge is 0.314 e. The average molecular weight is 243 g/mol. The van der Waals surface area contributed by atoms with Crippen molar-refractivity contribution in [3.05, 3.63) is 0 Å². The summed E-state index contributed by atoms with van der Waals surface area (Å²) >= 11 is 0. The van der Waals surface area contributed by atoms with Gasteiger partial charge in [0.25, 0.3) is 0 Å². The van der Waals surface area contributed by atoms with Crippen molar-refractivity contribution in [1.29, 1.82) is 0 Å². The highest BCUT2D eigenvalue weighted by molar-refractivity contribution is 4.63. The van der Waals surface area contributed by atoms with Gasteiger partial charge in [0, 0.05) is 12.6 Å². The molecule has 0 rings (SSSR count). The smallest absolute Gasteiger partial charge is 0.0347 e. The fraction of sp³-hybridized carbons (Fsp3) is 1.00. The van der Waals surface area contributed by atoms with Crippen LogP contribution in [0.4, 0.5) is 0 Å². The van der Waals surface area contributed by atoms with E-state index in [1.807, 2.05) is 0 Å². The van der Waals surface area contributed by atoms with Crippen LogP contribution in [-0.4, -0.2) is 22.9 Å². The number of nitrogens with zero attached hydrogens (tertiary/aromatic N) is 1. The van der Waals surface area contributed by atoms with Crippen molar-refractivity contribution < 1.29 is 5.21 Å². The van der Waals surface area contributed by atoms with Crippen LogP contribution in [0.1, 0.15) is 85.0 Å². The molecule has 0 radical (unpaired) electrons. The van der Waals surface area contributed by atoms with E-state index in [4.69, 9.17) is 0 Å².